The second kappa shape index (κ2) is 6.24. The lowest BCUT2D eigenvalue weighted by Crippen LogP contribution is -2.48. The Morgan fingerprint density at radius 2 is 2.16 bits per heavy atom. The van der Waals surface area contributed by atoms with Crippen molar-refractivity contribution in [2.45, 2.75) is 24.9 Å². The zero-order valence-corrected chi connectivity index (χ0v) is 13.5. The van der Waals surface area contributed by atoms with Crippen LogP contribution in [0.2, 0.25) is 0 Å². The summed E-state index contributed by atoms with van der Waals surface area (Å²) in [5, 5.41) is 12.5. The Bertz CT molecular complexity index is 475. The van der Waals surface area contributed by atoms with Crippen LogP contribution in [0.5, 0.6) is 5.75 Å². The minimum absolute atomic E-state index is 0.0592. The van der Waals surface area contributed by atoms with Gasteiger partial charge in [-0.1, -0.05) is 15.9 Å². The molecule has 0 heterocycles. The Kier molecular flexibility index (Phi) is 4.86. The minimum Gasteiger partial charge on any atom is -0.483 e. The molecule has 1 aliphatic rings. The number of carbonyl (C=O) groups excluding carboxylic acids is 1. The van der Waals surface area contributed by atoms with E-state index in [1.165, 1.54) is 0 Å². The summed E-state index contributed by atoms with van der Waals surface area (Å²) in [6.07, 6.45) is 2.54. The zero-order valence-electron chi connectivity index (χ0n) is 10.3. The highest BCUT2D eigenvalue weighted by molar-refractivity contribution is 9.11. The molecule has 0 atom stereocenters. The van der Waals surface area contributed by atoms with Crippen LogP contribution in [0.15, 0.2) is 27.1 Å². The van der Waals surface area contributed by atoms with Crippen LogP contribution >= 0.6 is 31.9 Å². The van der Waals surface area contributed by atoms with Crippen molar-refractivity contribution in [3.63, 3.8) is 0 Å². The highest BCUT2D eigenvalue weighted by atomic mass is 79.9. The zero-order chi connectivity index (χ0) is 13.9. The van der Waals surface area contributed by atoms with E-state index in [1.54, 1.807) is 6.07 Å². The summed E-state index contributed by atoms with van der Waals surface area (Å²) >= 11 is 6.71. The SMILES string of the molecule is O=C(COc1ccc(Br)cc1Br)NCC1(O)CCC1. The number of nitrogens with one attached hydrogen (secondary N) is 1. The third-order valence-electron chi connectivity index (χ3n) is 3.15. The Hall–Kier alpha value is -0.590. The maximum atomic E-state index is 11.6. The normalized spacial score (nSPS) is 16.6. The van der Waals surface area contributed by atoms with Gasteiger partial charge < -0.3 is 15.2 Å². The minimum atomic E-state index is -0.701. The first kappa shape index (κ1) is 14.8. The standard InChI is InChI=1S/C13H15Br2NO3/c14-9-2-3-11(10(15)6-9)19-7-12(17)16-8-13(18)4-1-5-13/h2-3,6,18H,1,4-5,7-8H2,(H,16,17). The van der Waals surface area contributed by atoms with Crippen molar-refractivity contribution in [3.8, 4) is 5.75 Å². The number of halogens is 2. The summed E-state index contributed by atoms with van der Waals surface area (Å²) in [6, 6.07) is 5.47. The molecule has 2 N–H and O–H groups in total. The molecule has 0 aliphatic heterocycles. The molecule has 6 heteroatoms. The van der Waals surface area contributed by atoms with Crippen molar-refractivity contribution in [1.29, 1.82) is 0 Å². The molecule has 1 fully saturated rings. The summed E-state index contributed by atoms with van der Waals surface area (Å²) in [5.74, 6) is 0.385. The van der Waals surface area contributed by atoms with Crippen molar-refractivity contribution < 1.29 is 14.6 Å². The quantitative estimate of drug-likeness (QED) is 0.809. The maximum Gasteiger partial charge on any atom is 0.258 e. The summed E-state index contributed by atoms with van der Waals surface area (Å²) in [6.45, 7) is 0.243. The Morgan fingerprint density at radius 3 is 2.74 bits per heavy atom. The van der Waals surface area contributed by atoms with E-state index in [2.05, 4.69) is 37.2 Å². The van der Waals surface area contributed by atoms with Crippen molar-refractivity contribution in [2.75, 3.05) is 13.2 Å². The smallest absolute Gasteiger partial charge is 0.258 e. The number of amides is 1. The monoisotopic (exact) mass is 391 g/mol. The summed E-state index contributed by atoms with van der Waals surface area (Å²) < 4.78 is 7.13. The Labute approximate surface area is 128 Å². The lowest BCUT2D eigenvalue weighted by molar-refractivity contribution is -0.125. The molecule has 0 unspecified atom stereocenters. The average molecular weight is 393 g/mol. The molecule has 1 aromatic carbocycles. The number of ether oxygens (including phenoxy) is 1. The van der Waals surface area contributed by atoms with E-state index < -0.39 is 5.60 Å². The van der Waals surface area contributed by atoms with Crippen LogP contribution in [-0.2, 0) is 4.79 Å². The molecule has 1 aliphatic carbocycles. The molecule has 0 bridgehead atoms. The fourth-order valence-corrected chi connectivity index (χ4v) is 2.97. The molecular formula is C13H15Br2NO3. The fraction of sp³-hybridized carbons (Fsp3) is 0.462. The van der Waals surface area contributed by atoms with Gasteiger partial charge in [0.1, 0.15) is 5.75 Å². The molecule has 0 radical (unpaired) electrons. The molecular weight excluding hydrogens is 378 g/mol. The molecule has 0 saturated heterocycles. The van der Waals surface area contributed by atoms with Gasteiger partial charge in [-0.25, -0.2) is 0 Å². The number of hydrogen-bond acceptors (Lipinski definition) is 3. The molecule has 2 rings (SSSR count). The van der Waals surface area contributed by atoms with Crippen LogP contribution < -0.4 is 10.1 Å². The van der Waals surface area contributed by atoms with E-state index in [4.69, 9.17) is 4.74 Å². The Balaban J connectivity index is 1.76. The van der Waals surface area contributed by atoms with Crippen molar-refractivity contribution >= 4 is 37.8 Å². The predicted molar refractivity (Wildman–Crippen MR) is 79.1 cm³/mol. The van der Waals surface area contributed by atoms with Gasteiger partial charge in [-0.3, -0.25) is 4.79 Å². The first-order chi connectivity index (χ1) is 8.98. The van der Waals surface area contributed by atoms with Crippen molar-refractivity contribution in [3.05, 3.63) is 27.1 Å². The van der Waals surface area contributed by atoms with Gasteiger partial charge in [-0.15, -0.1) is 0 Å². The van der Waals surface area contributed by atoms with Gasteiger partial charge in [-0.2, -0.15) is 0 Å². The van der Waals surface area contributed by atoms with Gasteiger partial charge in [0.15, 0.2) is 6.61 Å². The largest absolute Gasteiger partial charge is 0.483 e. The van der Waals surface area contributed by atoms with E-state index >= 15 is 0 Å². The van der Waals surface area contributed by atoms with Gasteiger partial charge in [0.2, 0.25) is 0 Å². The molecule has 1 saturated carbocycles. The van der Waals surface area contributed by atoms with Crippen molar-refractivity contribution in [2.24, 2.45) is 0 Å². The number of aliphatic hydroxyl groups is 1. The average Bonchev–Trinajstić information content (AvgIpc) is 2.33. The lowest BCUT2D eigenvalue weighted by Gasteiger charge is -2.36. The molecule has 0 aromatic heterocycles. The van der Waals surface area contributed by atoms with Crippen LogP contribution in [0.3, 0.4) is 0 Å². The third-order valence-corrected chi connectivity index (χ3v) is 4.26. The highest BCUT2D eigenvalue weighted by Crippen LogP contribution is 2.30. The van der Waals surface area contributed by atoms with E-state index in [-0.39, 0.29) is 12.5 Å². The van der Waals surface area contributed by atoms with E-state index in [9.17, 15) is 9.90 Å². The Morgan fingerprint density at radius 1 is 1.42 bits per heavy atom. The first-order valence-electron chi connectivity index (χ1n) is 6.05. The lowest BCUT2D eigenvalue weighted by atomic mass is 9.80. The number of benzene rings is 1. The van der Waals surface area contributed by atoms with Crippen LogP contribution in [0.25, 0.3) is 0 Å². The van der Waals surface area contributed by atoms with Gasteiger partial charge in [-0.05, 0) is 53.4 Å². The van der Waals surface area contributed by atoms with Crippen LogP contribution in [0.4, 0.5) is 0 Å². The van der Waals surface area contributed by atoms with Gasteiger partial charge in [0.25, 0.3) is 5.91 Å². The van der Waals surface area contributed by atoms with Gasteiger partial charge in [0, 0.05) is 11.0 Å². The van der Waals surface area contributed by atoms with Crippen LogP contribution in [0.1, 0.15) is 19.3 Å². The van der Waals surface area contributed by atoms with E-state index in [1.807, 2.05) is 12.1 Å². The maximum absolute atomic E-state index is 11.6. The fourth-order valence-electron chi connectivity index (χ4n) is 1.81. The van der Waals surface area contributed by atoms with Crippen LogP contribution in [0, 0.1) is 0 Å². The topological polar surface area (TPSA) is 58.6 Å². The molecule has 1 aromatic rings. The van der Waals surface area contributed by atoms with Crippen LogP contribution in [-0.4, -0.2) is 29.8 Å². The van der Waals surface area contributed by atoms with Crippen molar-refractivity contribution in [1.82, 2.24) is 5.32 Å². The van der Waals surface area contributed by atoms with E-state index in [0.717, 1.165) is 28.2 Å². The third kappa shape index (κ3) is 4.19. The predicted octanol–water partition coefficient (Wildman–Crippen LogP) is 2.62. The summed E-state index contributed by atoms with van der Waals surface area (Å²) in [7, 11) is 0. The molecule has 4 nitrogen and oxygen atoms in total. The summed E-state index contributed by atoms with van der Waals surface area (Å²) in [4.78, 5) is 11.6. The molecule has 1 amide bonds. The first-order valence-corrected chi connectivity index (χ1v) is 7.64. The summed E-state index contributed by atoms with van der Waals surface area (Å²) in [5.41, 5.74) is -0.701. The van der Waals surface area contributed by atoms with Gasteiger partial charge in [0.05, 0.1) is 10.1 Å². The number of rotatable bonds is 5. The highest BCUT2D eigenvalue weighted by Gasteiger charge is 2.34. The molecule has 19 heavy (non-hydrogen) atoms. The number of carbonyl (C=O) groups is 1. The second-order valence-electron chi connectivity index (χ2n) is 4.72. The number of hydrogen-bond donors (Lipinski definition) is 2. The molecule has 104 valence electrons. The molecule has 0 spiro atoms. The second-order valence-corrected chi connectivity index (χ2v) is 6.49. The van der Waals surface area contributed by atoms with E-state index in [0.29, 0.717) is 12.3 Å². The van der Waals surface area contributed by atoms with Gasteiger partial charge >= 0.3 is 0 Å².